The quantitative estimate of drug-likeness (QED) is 0.855. The van der Waals surface area contributed by atoms with Crippen LogP contribution in [0.2, 0.25) is 0 Å². The third-order valence-electron chi connectivity index (χ3n) is 6.27. The molecule has 2 N–H and O–H groups in total. The van der Waals surface area contributed by atoms with Gasteiger partial charge in [0.25, 0.3) is 0 Å². The molecule has 6 nitrogen and oxygen atoms in total. The molecule has 3 rings (SSSR count). The molecule has 1 amide bonds. The molecule has 1 fully saturated rings. The molecule has 0 bridgehead atoms. The molecule has 0 aliphatic carbocycles. The van der Waals surface area contributed by atoms with Crippen molar-refractivity contribution in [1.29, 1.82) is 0 Å². The maximum atomic E-state index is 12.7. The fourth-order valence-electron chi connectivity index (χ4n) is 4.20. The minimum Gasteiger partial charge on any atom is -0.493 e. The van der Waals surface area contributed by atoms with Gasteiger partial charge in [0.15, 0.2) is 11.5 Å². The van der Waals surface area contributed by atoms with Crippen LogP contribution in [0, 0.1) is 5.92 Å². The highest BCUT2D eigenvalue weighted by atomic mass is 16.5. The van der Waals surface area contributed by atoms with Crippen LogP contribution in [0.25, 0.3) is 0 Å². The van der Waals surface area contributed by atoms with Crippen LogP contribution >= 0.6 is 0 Å². The molecule has 2 heterocycles. The Kier molecular flexibility index (Phi) is 5.96. The predicted octanol–water partition coefficient (Wildman–Crippen LogP) is 2.47. The molecule has 1 spiro atoms. The third kappa shape index (κ3) is 3.65. The number of methoxy groups -OCH3 is 2. The Morgan fingerprint density at radius 2 is 1.89 bits per heavy atom. The molecule has 1 aromatic rings. The number of piperidine rings is 1. The molecule has 0 aromatic heterocycles. The number of amides is 1. The summed E-state index contributed by atoms with van der Waals surface area (Å²) in [6.07, 6.45) is 3.31. The molecule has 27 heavy (non-hydrogen) atoms. The summed E-state index contributed by atoms with van der Waals surface area (Å²) in [5.74, 6) is 1.72. The van der Waals surface area contributed by atoms with Crippen molar-refractivity contribution in [2.75, 3.05) is 33.9 Å². The van der Waals surface area contributed by atoms with E-state index in [0.29, 0.717) is 19.7 Å². The molecule has 2 aliphatic heterocycles. The average molecular weight is 376 g/mol. The molecule has 2 atom stereocenters. The summed E-state index contributed by atoms with van der Waals surface area (Å²) in [6, 6.07) is 3.69. The molecule has 0 radical (unpaired) electrons. The Morgan fingerprint density at radius 1 is 1.26 bits per heavy atom. The number of carbonyl (C=O) groups excluding carboxylic acids is 1. The van der Waals surface area contributed by atoms with Gasteiger partial charge in [-0.2, -0.15) is 0 Å². The van der Waals surface area contributed by atoms with Gasteiger partial charge in [-0.1, -0.05) is 20.3 Å². The van der Waals surface area contributed by atoms with Crippen molar-refractivity contribution in [3.63, 3.8) is 0 Å². The first kappa shape index (κ1) is 20.0. The Bertz CT molecular complexity index is 683. The van der Waals surface area contributed by atoms with Crippen LogP contribution in [0.15, 0.2) is 12.1 Å². The predicted molar refractivity (Wildman–Crippen MR) is 104 cm³/mol. The number of ether oxygens (including phenoxy) is 3. The van der Waals surface area contributed by atoms with Gasteiger partial charge in [-0.25, -0.2) is 0 Å². The summed E-state index contributed by atoms with van der Waals surface area (Å²) < 4.78 is 17.3. The molecule has 0 unspecified atom stereocenters. The van der Waals surface area contributed by atoms with Crippen LogP contribution in [0.4, 0.5) is 0 Å². The minimum absolute atomic E-state index is 0.0579. The fraction of sp³-hybridized carbons (Fsp3) is 0.667. The zero-order valence-corrected chi connectivity index (χ0v) is 16.9. The first-order valence-corrected chi connectivity index (χ1v) is 9.89. The van der Waals surface area contributed by atoms with Crippen LogP contribution in [0.3, 0.4) is 0 Å². The third-order valence-corrected chi connectivity index (χ3v) is 6.27. The van der Waals surface area contributed by atoms with Crippen LogP contribution < -0.4 is 15.2 Å². The van der Waals surface area contributed by atoms with Crippen molar-refractivity contribution < 1.29 is 19.0 Å². The number of nitrogens with zero attached hydrogens (tertiary/aromatic N) is 1. The molecule has 150 valence electrons. The number of nitrogens with two attached hydrogens (primary N) is 1. The van der Waals surface area contributed by atoms with E-state index in [2.05, 4.69) is 19.1 Å². The van der Waals surface area contributed by atoms with Crippen LogP contribution in [0.5, 0.6) is 11.5 Å². The maximum absolute atomic E-state index is 12.7. The normalized spacial score (nSPS) is 20.7. The van der Waals surface area contributed by atoms with Gasteiger partial charge >= 0.3 is 0 Å². The van der Waals surface area contributed by atoms with Crippen molar-refractivity contribution in [2.45, 2.75) is 51.2 Å². The highest BCUT2D eigenvalue weighted by molar-refractivity contribution is 5.82. The van der Waals surface area contributed by atoms with Gasteiger partial charge < -0.3 is 24.8 Å². The monoisotopic (exact) mass is 376 g/mol. The van der Waals surface area contributed by atoms with E-state index in [9.17, 15) is 4.79 Å². The SMILES string of the molecule is CC[C@H](C)[C@H](N)C(=O)N1CCC2(CC1)OCCc1cc(OC)c(OC)cc12. The van der Waals surface area contributed by atoms with Gasteiger partial charge in [0.1, 0.15) is 0 Å². The van der Waals surface area contributed by atoms with E-state index in [1.165, 1.54) is 11.1 Å². The molecular formula is C21H32N2O4. The second-order valence-electron chi connectivity index (χ2n) is 7.69. The lowest BCUT2D eigenvalue weighted by molar-refractivity contribution is -0.143. The zero-order chi connectivity index (χ0) is 19.6. The van der Waals surface area contributed by atoms with E-state index in [1.54, 1.807) is 14.2 Å². The lowest BCUT2D eigenvalue weighted by Crippen LogP contribution is -2.53. The number of rotatable bonds is 5. The first-order valence-electron chi connectivity index (χ1n) is 9.89. The maximum Gasteiger partial charge on any atom is 0.239 e. The summed E-state index contributed by atoms with van der Waals surface area (Å²) in [7, 11) is 3.31. The van der Waals surface area contributed by atoms with Crippen molar-refractivity contribution >= 4 is 5.91 Å². The summed E-state index contributed by atoms with van der Waals surface area (Å²) >= 11 is 0. The van der Waals surface area contributed by atoms with E-state index in [0.717, 1.165) is 37.2 Å². The average Bonchev–Trinajstić information content (AvgIpc) is 2.72. The second kappa shape index (κ2) is 8.07. The standard InChI is InChI=1S/C21H32N2O4/c1-5-14(2)19(22)20(24)23-9-7-21(8-10-23)16-13-18(26-4)17(25-3)12-15(16)6-11-27-21/h12-14,19H,5-11,22H2,1-4H3/t14-,19-/m0/s1. The Hall–Kier alpha value is -1.79. The highest BCUT2D eigenvalue weighted by Crippen LogP contribution is 2.45. The highest BCUT2D eigenvalue weighted by Gasteiger charge is 2.43. The number of hydrogen-bond donors (Lipinski definition) is 1. The zero-order valence-electron chi connectivity index (χ0n) is 16.9. The van der Waals surface area contributed by atoms with Crippen molar-refractivity contribution in [3.8, 4) is 11.5 Å². The van der Waals surface area contributed by atoms with Crippen molar-refractivity contribution in [2.24, 2.45) is 11.7 Å². The molecule has 2 aliphatic rings. The summed E-state index contributed by atoms with van der Waals surface area (Å²) in [5.41, 5.74) is 8.23. The number of benzene rings is 1. The van der Waals surface area contributed by atoms with Crippen LogP contribution in [-0.4, -0.2) is 50.8 Å². The Labute approximate surface area is 161 Å². The summed E-state index contributed by atoms with van der Waals surface area (Å²) in [4.78, 5) is 14.6. The summed E-state index contributed by atoms with van der Waals surface area (Å²) in [6.45, 7) is 6.11. The van der Waals surface area contributed by atoms with Crippen molar-refractivity contribution in [1.82, 2.24) is 4.90 Å². The fourth-order valence-corrected chi connectivity index (χ4v) is 4.20. The number of likely N-dealkylation sites (tertiary alicyclic amines) is 1. The second-order valence-corrected chi connectivity index (χ2v) is 7.69. The van der Waals surface area contributed by atoms with E-state index in [4.69, 9.17) is 19.9 Å². The van der Waals surface area contributed by atoms with Crippen molar-refractivity contribution in [3.05, 3.63) is 23.3 Å². The van der Waals surface area contributed by atoms with E-state index >= 15 is 0 Å². The van der Waals surface area contributed by atoms with Gasteiger partial charge in [0.2, 0.25) is 5.91 Å². The van der Waals surface area contributed by atoms with Gasteiger partial charge in [0, 0.05) is 13.1 Å². The smallest absolute Gasteiger partial charge is 0.239 e. The van der Waals surface area contributed by atoms with E-state index in [1.807, 2.05) is 11.8 Å². The van der Waals surface area contributed by atoms with Gasteiger partial charge in [0.05, 0.1) is 32.5 Å². The number of hydrogen-bond acceptors (Lipinski definition) is 5. The topological polar surface area (TPSA) is 74.0 Å². The first-order chi connectivity index (χ1) is 13.0. The Morgan fingerprint density at radius 3 is 2.48 bits per heavy atom. The van der Waals surface area contributed by atoms with Gasteiger partial charge in [-0.3, -0.25) is 4.79 Å². The number of fused-ring (bicyclic) bond motifs is 2. The lowest BCUT2D eigenvalue weighted by Gasteiger charge is -2.45. The van der Waals surface area contributed by atoms with E-state index in [-0.39, 0.29) is 17.4 Å². The molecule has 1 aromatic carbocycles. The number of carbonyl (C=O) groups is 1. The van der Waals surface area contributed by atoms with Gasteiger partial charge in [-0.05, 0) is 48.4 Å². The minimum atomic E-state index is -0.423. The molecule has 0 saturated carbocycles. The molecule has 6 heteroatoms. The molecule has 1 saturated heterocycles. The van der Waals surface area contributed by atoms with Crippen LogP contribution in [0.1, 0.15) is 44.2 Å². The van der Waals surface area contributed by atoms with Crippen LogP contribution in [-0.2, 0) is 21.6 Å². The summed E-state index contributed by atoms with van der Waals surface area (Å²) in [5, 5.41) is 0. The van der Waals surface area contributed by atoms with E-state index < -0.39 is 6.04 Å². The van der Waals surface area contributed by atoms with Gasteiger partial charge in [-0.15, -0.1) is 0 Å². The lowest BCUT2D eigenvalue weighted by atomic mass is 9.79. The molecular weight excluding hydrogens is 344 g/mol. The Balaban J connectivity index is 1.80. The largest absolute Gasteiger partial charge is 0.493 e.